The molecule has 1 aliphatic rings. The van der Waals surface area contributed by atoms with Crippen LogP contribution >= 0.6 is 11.5 Å². The van der Waals surface area contributed by atoms with Gasteiger partial charge in [-0.25, -0.2) is 13.4 Å². The van der Waals surface area contributed by atoms with E-state index in [4.69, 9.17) is 0 Å². The second-order valence-corrected chi connectivity index (χ2v) is 7.82. The van der Waals surface area contributed by atoms with Gasteiger partial charge < -0.3 is 4.90 Å². The van der Waals surface area contributed by atoms with E-state index in [2.05, 4.69) is 14.3 Å². The molecule has 0 saturated carbocycles. The maximum Gasteiger partial charge on any atom is 0.216 e. The first-order valence-electron chi connectivity index (χ1n) is 5.95. The lowest BCUT2D eigenvalue weighted by molar-refractivity contribution is 0.381. The lowest BCUT2D eigenvalue weighted by Crippen LogP contribution is -2.50. The number of sulfonamides is 1. The Morgan fingerprint density at radius 1 is 1.22 bits per heavy atom. The lowest BCUT2D eigenvalue weighted by Gasteiger charge is -2.34. The van der Waals surface area contributed by atoms with Gasteiger partial charge >= 0.3 is 0 Å². The molecule has 0 N–H and O–H groups in total. The Hall–Kier alpha value is -0.730. The fourth-order valence-electron chi connectivity index (χ4n) is 1.85. The van der Waals surface area contributed by atoms with Crippen LogP contribution in [0.1, 0.15) is 19.7 Å². The van der Waals surface area contributed by atoms with Crippen molar-refractivity contribution in [2.24, 2.45) is 0 Å². The molecule has 2 rings (SSSR count). The van der Waals surface area contributed by atoms with Crippen molar-refractivity contribution in [2.45, 2.75) is 26.0 Å². The minimum atomic E-state index is -3.13. The molecular weight excluding hydrogens is 272 g/mol. The highest BCUT2D eigenvalue weighted by molar-refractivity contribution is 7.89. The fraction of sp³-hybridized carbons (Fsp3) is 0.800. The SMILES string of the molecule is Cc1nsc(N2CCN(S(=O)(=O)C(C)C)CC2)n1. The molecular formula is C10H18N4O2S2. The summed E-state index contributed by atoms with van der Waals surface area (Å²) in [6.45, 7) is 7.71. The number of aryl methyl sites for hydroxylation is 1. The quantitative estimate of drug-likeness (QED) is 0.820. The van der Waals surface area contributed by atoms with Gasteiger partial charge in [-0.1, -0.05) is 0 Å². The van der Waals surface area contributed by atoms with Gasteiger partial charge in [0.05, 0.1) is 5.25 Å². The van der Waals surface area contributed by atoms with E-state index in [1.54, 1.807) is 18.2 Å². The van der Waals surface area contributed by atoms with E-state index in [-0.39, 0.29) is 5.25 Å². The third-order valence-corrected chi connectivity index (χ3v) is 6.13. The van der Waals surface area contributed by atoms with Crippen molar-refractivity contribution in [3.63, 3.8) is 0 Å². The molecule has 1 aromatic heterocycles. The molecule has 1 fully saturated rings. The van der Waals surface area contributed by atoms with Crippen molar-refractivity contribution >= 4 is 26.7 Å². The van der Waals surface area contributed by atoms with Gasteiger partial charge in [-0.15, -0.1) is 0 Å². The zero-order valence-corrected chi connectivity index (χ0v) is 12.5. The molecule has 0 spiro atoms. The van der Waals surface area contributed by atoms with Crippen LogP contribution < -0.4 is 4.90 Å². The highest BCUT2D eigenvalue weighted by atomic mass is 32.2. The van der Waals surface area contributed by atoms with Crippen LogP contribution in [0.3, 0.4) is 0 Å². The zero-order valence-electron chi connectivity index (χ0n) is 10.8. The summed E-state index contributed by atoms with van der Waals surface area (Å²) in [5.41, 5.74) is 0. The van der Waals surface area contributed by atoms with Gasteiger partial charge in [0.1, 0.15) is 5.82 Å². The number of nitrogens with zero attached hydrogens (tertiary/aromatic N) is 4. The summed E-state index contributed by atoms with van der Waals surface area (Å²) in [6.07, 6.45) is 0. The molecule has 0 radical (unpaired) electrons. The van der Waals surface area contributed by atoms with Crippen LogP contribution in [0.5, 0.6) is 0 Å². The van der Waals surface area contributed by atoms with Crippen LogP contribution in [0, 0.1) is 6.92 Å². The van der Waals surface area contributed by atoms with Crippen molar-refractivity contribution in [1.82, 2.24) is 13.7 Å². The van der Waals surface area contributed by atoms with Crippen molar-refractivity contribution in [1.29, 1.82) is 0 Å². The van der Waals surface area contributed by atoms with Crippen molar-refractivity contribution in [3.05, 3.63) is 5.82 Å². The van der Waals surface area contributed by atoms with E-state index < -0.39 is 10.0 Å². The first-order valence-corrected chi connectivity index (χ1v) is 8.23. The van der Waals surface area contributed by atoms with E-state index in [1.165, 1.54) is 11.5 Å². The second-order valence-electron chi connectivity index (χ2n) is 4.60. The van der Waals surface area contributed by atoms with Crippen LogP contribution in [0.2, 0.25) is 0 Å². The van der Waals surface area contributed by atoms with E-state index in [0.29, 0.717) is 26.2 Å². The Labute approximate surface area is 112 Å². The topological polar surface area (TPSA) is 66.4 Å². The minimum Gasteiger partial charge on any atom is -0.344 e. The Morgan fingerprint density at radius 3 is 2.28 bits per heavy atom. The zero-order chi connectivity index (χ0) is 13.3. The third-order valence-electron chi connectivity index (χ3n) is 2.98. The fourth-order valence-corrected chi connectivity index (χ4v) is 3.84. The van der Waals surface area contributed by atoms with Crippen LogP contribution in [-0.2, 0) is 10.0 Å². The summed E-state index contributed by atoms with van der Waals surface area (Å²) in [7, 11) is -3.13. The number of piperazine rings is 1. The van der Waals surface area contributed by atoms with E-state index in [9.17, 15) is 8.42 Å². The lowest BCUT2D eigenvalue weighted by atomic mass is 10.4. The number of hydrogen-bond donors (Lipinski definition) is 0. The predicted octanol–water partition coefficient (Wildman–Crippen LogP) is 0.707. The Balaban J connectivity index is 2.01. The smallest absolute Gasteiger partial charge is 0.216 e. The number of rotatable bonds is 3. The maximum atomic E-state index is 12.0. The predicted molar refractivity (Wildman–Crippen MR) is 72.5 cm³/mol. The summed E-state index contributed by atoms with van der Waals surface area (Å²) in [5, 5.41) is 0.530. The summed E-state index contributed by atoms with van der Waals surface area (Å²) in [6, 6.07) is 0. The molecule has 0 aliphatic carbocycles. The van der Waals surface area contributed by atoms with E-state index in [1.807, 2.05) is 6.92 Å². The van der Waals surface area contributed by atoms with Gasteiger partial charge in [0.25, 0.3) is 0 Å². The van der Waals surface area contributed by atoms with Crippen molar-refractivity contribution in [2.75, 3.05) is 31.1 Å². The summed E-state index contributed by atoms with van der Waals surface area (Å²) >= 11 is 1.37. The molecule has 0 amide bonds. The number of hydrogen-bond acceptors (Lipinski definition) is 6. The van der Waals surface area contributed by atoms with Crippen LogP contribution in [-0.4, -0.2) is 53.5 Å². The highest BCUT2D eigenvalue weighted by Crippen LogP contribution is 2.20. The standard InChI is InChI=1S/C10H18N4O2S2/c1-8(2)18(15,16)14-6-4-13(5-7-14)10-11-9(3)12-17-10/h8H,4-7H2,1-3H3. The largest absolute Gasteiger partial charge is 0.344 e. The Kier molecular flexibility index (Phi) is 3.88. The third kappa shape index (κ3) is 2.65. The summed E-state index contributed by atoms with van der Waals surface area (Å²) < 4.78 is 29.7. The van der Waals surface area contributed by atoms with Crippen molar-refractivity contribution < 1.29 is 8.42 Å². The molecule has 2 heterocycles. The minimum absolute atomic E-state index is 0.354. The van der Waals surface area contributed by atoms with E-state index in [0.717, 1.165) is 11.0 Å². The average Bonchev–Trinajstić information content (AvgIpc) is 2.76. The molecule has 0 atom stereocenters. The van der Waals surface area contributed by atoms with Crippen LogP contribution in [0.4, 0.5) is 5.13 Å². The van der Waals surface area contributed by atoms with Crippen molar-refractivity contribution in [3.8, 4) is 0 Å². The van der Waals surface area contributed by atoms with Gasteiger partial charge in [-0.2, -0.15) is 8.68 Å². The summed E-state index contributed by atoms with van der Waals surface area (Å²) in [5.74, 6) is 0.771. The molecule has 102 valence electrons. The molecule has 1 aromatic rings. The normalized spacial score (nSPS) is 18.6. The molecule has 8 heteroatoms. The summed E-state index contributed by atoms with van der Waals surface area (Å²) in [4.78, 5) is 6.42. The molecule has 18 heavy (non-hydrogen) atoms. The Morgan fingerprint density at radius 2 is 1.83 bits per heavy atom. The molecule has 0 unspecified atom stereocenters. The second kappa shape index (κ2) is 5.10. The number of aromatic nitrogens is 2. The van der Waals surface area contributed by atoms with Gasteiger partial charge in [-0.05, 0) is 20.8 Å². The molecule has 0 bridgehead atoms. The first-order chi connectivity index (χ1) is 8.41. The van der Waals surface area contributed by atoms with Crippen LogP contribution in [0.15, 0.2) is 0 Å². The molecule has 0 aromatic carbocycles. The molecule has 1 saturated heterocycles. The van der Waals surface area contributed by atoms with Gasteiger partial charge in [0.15, 0.2) is 0 Å². The average molecular weight is 290 g/mol. The monoisotopic (exact) mass is 290 g/mol. The first kappa shape index (κ1) is 13.7. The van der Waals surface area contributed by atoms with Crippen LogP contribution in [0.25, 0.3) is 0 Å². The molecule has 1 aliphatic heterocycles. The Bertz CT molecular complexity index is 504. The van der Waals surface area contributed by atoms with Gasteiger partial charge in [0, 0.05) is 37.7 Å². The van der Waals surface area contributed by atoms with E-state index >= 15 is 0 Å². The number of anilines is 1. The van der Waals surface area contributed by atoms with Gasteiger partial charge in [0.2, 0.25) is 15.2 Å². The maximum absolute atomic E-state index is 12.0. The molecule has 6 nitrogen and oxygen atoms in total. The highest BCUT2D eigenvalue weighted by Gasteiger charge is 2.30. The van der Waals surface area contributed by atoms with Gasteiger partial charge in [-0.3, -0.25) is 0 Å².